The number of piperidine rings is 1. The average Bonchev–Trinajstić information content (AvgIpc) is 2.62. The third-order valence-electron chi connectivity index (χ3n) is 4.50. The molecule has 2 saturated heterocycles. The van der Waals surface area contributed by atoms with Crippen molar-refractivity contribution in [2.75, 3.05) is 33.2 Å². The second-order valence-corrected chi connectivity index (χ2v) is 7.86. The molecule has 2 aliphatic rings. The van der Waals surface area contributed by atoms with Gasteiger partial charge in [-0.2, -0.15) is 0 Å². The second kappa shape index (κ2) is 7.64. The van der Waals surface area contributed by atoms with E-state index in [0.29, 0.717) is 12.1 Å². The van der Waals surface area contributed by atoms with Crippen molar-refractivity contribution >= 4 is 6.09 Å². The molecule has 128 valence electrons. The van der Waals surface area contributed by atoms with Crippen molar-refractivity contribution in [3.05, 3.63) is 0 Å². The number of hydrogen-bond donors (Lipinski definition) is 1. The Bertz CT molecular complexity index is 367. The lowest BCUT2D eigenvalue weighted by Gasteiger charge is -2.36. The summed E-state index contributed by atoms with van der Waals surface area (Å²) in [5, 5.41) is 3.79. The van der Waals surface area contributed by atoms with Crippen LogP contribution >= 0.6 is 0 Å². The quantitative estimate of drug-likeness (QED) is 0.851. The molecule has 2 fully saturated rings. The van der Waals surface area contributed by atoms with Crippen LogP contribution in [0.5, 0.6) is 0 Å². The Labute approximate surface area is 135 Å². The SMILES string of the molecule is CN1CCCC(NC2CCCN(C(=O)OC(C)(C)C)C2)CC1. The maximum absolute atomic E-state index is 12.2. The van der Waals surface area contributed by atoms with Gasteiger partial charge in [-0.25, -0.2) is 4.79 Å². The maximum Gasteiger partial charge on any atom is 0.410 e. The molecule has 0 aromatic rings. The standard InChI is InChI=1S/C17H33N3O2/c1-17(2,3)22-16(21)20-11-6-8-15(13-20)18-14-7-5-10-19(4)12-9-14/h14-15,18H,5-13H2,1-4H3. The summed E-state index contributed by atoms with van der Waals surface area (Å²) in [6, 6.07) is 1.00. The summed E-state index contributed by atoms with van der Waals surface area (Å²) in [4.78, 5) is 16.5. The number of likely N-dealkylation sites (tertiary alicyclic amines) is 2. The van der Waals surface area contributed by atoms with E-state index in [1.165, 1.54) is 32.4 Å². The maximum atomic E-state index is 12.2. The fourth-order valence-corrected chi connectivity index (χ4v) is 3.35. The number of amides is 1. The number of carbonyl (C=O) groups is 1. The van der Waals surface area contributed by atoms with Gasteiger partial charge < -0.3 is 19.9 Å². The first-order valence-electron chi connectivity index (χ1n) is 8.76. The van der Waals surface area contributed by atoms with Gasteiger partial charge in [0.05, 0.1) is 0 Å². The summed E-state index contributed by atoms with van der Waals surface area (Å²) in [5.41, 5.74) is -0.413. The van der Waals surface area contributed by atoms with E-state index in [-0.39, 0.29) is 6.09 Å². The van der Waals surface area contributed by atoms with Crippen LogP contribution in [-0.2, 0) is 4.74 Å². The Hall–Kier alpha value is -0.810. The minimum absolute atomic E-state index is 0.167. The number of nitrogens with one attached hydrogen (secondary N) is 1. The monoisotopic (exact) mass is 311 g/mol. The molecular formula is C17H33N3O2. The van der Waals surface area contributed by atoms with Gasteiger partial charge in [0.2, 0.25) is 0 Å². The molecule has 5 nitrogen and oxygen atoms in total. The fraction of sp³-hybridized carbons (Fsp3) is 0.941. The van der Waals surface area contributed by atoms with Crippen LogP contribution in [0.15, 0.2) is 0 Å². The number of hydrogen-bond acceptors (Lipinski definition) is 4. The molecule has 2 unspecified atom stereocenters. The molecule has 5 heteroatoms. The van der Waals surface area contributed by atoms with E-state index in [0.717, 1.165) is 25.9 Å². The Morgan fingerprint density at radius 1 is 1.05 bits per heavy atom. The predicted molar refractivity (Wildman–Crippen MR) is 89.1 cm³/mol. The van der Waals surface area contributed by atoms with Gasteiger partial charge in [0.25, 0.3) is 0 Å². The highest BCUT2D eigenvalue weighted by Gasteiger charge is 2.28. The first-order chi connectivity index (χ1) is 10.3. The van der Waals surface area contributed by atoms with E-state index in [2.05, 4.69) is 17.3 Å². The van der Waals surface area contributed by atoms with Crippen LogP contribution in [-0.4, -0.2) is 66.8 Å². The molecular weight excluding hydrogens is 278 g/mol. The number of nitrogens with zero attached hydrogens (tertiary/aromatic N) is 2. The molecule has 0 spiro atoms. The minimum atomic E-state index is -0.413. The number of ether oxygens (including phenoxy) is 1. The normalized spacial score (nSPS) is 28.3. The lowest BCUT2D eigenvalue weighted by Crippen LogP contribution is -2.51. The van der Waals surface area contributed by atoms with Crippen molar-refractivity contribution in [2.45, 2.75) is 70.6 Å². The second-order valence-electron chi connectivity index (χ2n) is 7.86. The largest absolute Gasteiger partial charge is 0.444 e. The molecule has 2 heterocycles. The first kappa shape index (κ1) is 17.5. The van der Waals surface area contributed by atoms with E-state index in [9.17, 15) is 4.79 Å². The lowest BCUT2D eigenvalue weighted by atomic mass is 10.0. The molecule has 0 bridgehead atoms. The van der Waals surface area contributed by atoms with Gasteiger partial charge in [-0.15, -0.1) is 0 Å². The highest BCUT2D eigenvalue weighted by molar-refractivity contribution is 5.68. The zero-order valence-corrected chi connectivity index (χ0v) is 14.7. The van der Waals surface area contributed by atoms with Crippen LogP contribution in [0.1, 0.15) is 52.9 Å². The van der Waals surface area contributed by atoms with Crippen LogP contribution < -0.4 is 5.32 Å². The topological polar surface area (TPSA) is 44.8 Å². The van der Waals surface area contributed by atoms with Crippen LogP contribution in [0.4, 0.5) is 4.79 Å². The first-order valence-corrected chi connectivity index (χ1v) is 8.76. The molecule has 22 heavy (non-hydrogen) atoms. The molecule has 1 N–H and O–H groups in total. The van der Waals surface area contributed by atoms with Crippen molar-refractivity contribution in [1.82, 2.24) is 15.1 Å². The van der Waals surface area contributed by atoms with Crippen LogP contribution in [0.25, 0.3) is 0 Å². The molecule has 0 aromatic heterocycles. The van der Waals surface area contributed by atoms with Crippen molar-refractivity contribution in [2.24, 2.45) is 0 Å². The van der Waals surface area contributed by atoms with Gasteiger partial charge in [-0.1, -0.05) is 0 Å². The van der Waals surface area contributed by atoms with Crippen molar-refractivity contribution < 1.29 is 9.53 Å². The van der Waals surface area contributed by atoms with Gasteiger partial charge in [-0.3, -0.25) is 0 Å². The van der Waals surface area contributed by atoms with Crippen LogP contribution in [0.3, 0.4) is 0 Å². The molecule has 2 rings (SSSR count). The highest BCUT2D eigenvalue weighted by Crippen LogP contribution is 2.17. The van der Waals surface area contributed by atoms with Crippen molar-refractivity contribution in [3.63, 3.8) is 0 Å². The predicted octanol–water partition coefficient (Wildman–Crippen LogP) is 2.46. The van der Waals surface area contributed by atoms with E-state index >= 15 is 0 Å². The molecule has 2 aliphatic heterocycles. The summed E-state index contributed by atoms with van der Waals surface area (Å²) < 4.78 is 5.50. The Morgan fingerprint density at radius 2 is 1.73 bits per heavy atom. The Morgan fingerprint density at radius 3 is 2.45 bits per heavy atom. The van der Waals surface area contributed by atoms with E-state index in [1.54, 1.807) is 0 Å². The smallest absolute Gasteiger partial charge is 0.410 e. The summed E-state index contributed by atoms with van der Waals surface area (Å²) >= 11 is 0. The van der Waals surface area contributed by atoms with Gasteiger partial charge in [-0.05, 0) is 73.0 Å². The molecule has 0 aliphatic carbocycles. The summed E-state index contributed by atoms with van der Waals surface area (Å²) in [6.07, 6.45) is 5.76. The lowest BCUT2D eigenvalue weighted by molar-refractivity contribution is 0.0182. The van der Waals surface area contributed by atoms with E-state index in [4.69, 9.17) is 4.74 Å². The molecule has 0 aromatic carbocycles. The highest BCUT2D eigenvalue weighted by atomic mass is 16.6. The Balaban J connectivity index is 1.81. The molecule has 1 amide bonds. The van der Waals surface area contributed by atoms with Crippen molar-refractivity contribution in [1.29, 1.82) is 0 Å². The number of carbonyl (C=O) groups excluding carboxylic acids is 1. The molecule has 0 radical (unpaired) electrons. The fourth-order valence-electron chi connectivity index (χ4n) is 3.35. The minimum Gasteiger partial charge on any atom is -0.444 e. The van der Waals surface area contributed by atoms with Gasteiger partial charge in [0.1, 0.15) is 5.60 Å². The van der Waals surface area contributed by atoms with Crippen molar-refractivity contribution in [3.8, 4) is 0 Å². The summed E-state index contributed by atoms with van der Waals surface area (Å²) in [6.45, 7) is 9.74. The zero-order chi connectivity index (χ0) is 16.2. The zero-order valence-electron chi connectivity index (χ0n) is 14.7. The van der Waals surface area contributed by atoms with Gasteiger partial charge >= 0.3 is 6.09 Å². The van der Waals surface area contributed by atoms with Gasteiger partial charge in [0.15, 0.2) is 0 Å². The van der Waals surface area contributed by atoms with E-state index < -0.39 is 5.60 Å². The summed E-state index contributed by atoms with van der Waals surface area (Å²) in [7, 11) is 2.20. The Kier molecular flexibility index (Phi) is 6.09. The molecule has 2 atom stereocenters. The number of rotatable bonds is 2. The van der Waals surface area contributed by atoms with E-state index in [1.807, 2.05) is 25.7 Å². The average molecular weight is 311 g/mol. The third-order valence-corrected chi connectivity index (χ3v) is 4.50. The van der Waals surface area contributed by atoms with Gasteiger partial charge in [0, 0.05) is 25.2 Å². The van der Waals surface area contributed by atoms with Crippen LogP contribution in [0, 0.1) is 0 Å². The van der Waals surface area contributed by atoms with Crippen LogP contribution in [0.2, 0.25) is 0 Å². The summed E-state index contributed by atoms with van der Waals surface area (Å²) in [5.74, 6) is 0. The molecule has 0 saturated carbocycles. The third kappa shape index (κ3) is 5.76.